The van der Waals surface area contributed by atoms with E-state index in [-0.39, 0.29) is 5.82 Å². The fraction of sp³-hybridized carbons (Fsp3) is 0.333. The molecule has 4 nitrogen and oxygen atoms in total. The molecular weight excluding hydrogens is 355 g/mol. The normalized spacial score (nSPS) is 19.8. The number of rotatable bonds is 3. The van der Waals surface area contributed by atoms with Gasteiger partial charge < -0.3 is 9.47 Å². The quantitative estimate of drug-likeness (QED) is 0.713. The van der Waals surface area contributed by atoms with E-state index in [1.807, 2.05) is 27.6 Å². The van der Waals surface area contributed by atoms with E-state index < -0.39 is 0 Å². The van der Waals surface area contributed by atoms with E-state index >= 15 is 0 Å². The van der Waals surface area contributed by atoms with Crippen LogP contribution in [0.4, 0.5) is 4.39 Å². The zero-order valence-electron chi connectivity index (χ0n) is 14.2. The molecule has 7 heteroatoms. The largest absolute Gasteiger partial charge is 0.310 e. The summed E-state index contributed by atoms with van der Waals surface area (Å²) >= 11 is 7.44. The summed E-state index contributed by atoms with van der Waals surface area (Å²) in [5.74, 6) is 0.521. The maximum absolute atomic E-state index is 13.2. The zero-order chi connectivity index (χ0) is 17.6. The Bertz CT molecular complexity index is 954. The van der Waals surface area contributed by atoms with Gasteiger partial charge in [0.15, 0.2) is 12.5 Å². The van der Waals surface area contributed by atoms with Crippen molar-refractivity contribution in [3.8, 4) is 11.4 Å². The smallest absolute Gasteiger partial charge is 0.202 e. The summed E-state index contributed by atoms with van der Waals surface area (Å²) in [5, 5.41) is 6.90. The molecular formula is C18H20FN4S2+. The zero-order valence-corrected chi connectivity index (χ0v) is 15.8. The second-order valence-corrected chi connectivity index (χ2v) is 7.87. The number of nitrogens with one attached hydrogen (secondary N) is 1. The molecule has 130 valence electrons. The molecule has 0 aliphatic carbocycles. The Morgan fingerprint density at radius 2 is 2.08 bits per heavy atom. The van der Waals surface area contributed by atoms with Crippen molar-refractivity contribution in [2.45, 2.75) is 26.1 Å². The van der Waals surface area contributed by atoms with Crippen molar-refractivity contribution in [1.29, 1.82) is 0 Å². The Kier molecular flexibility index (Phi) is 4.31. The first-order valence-electron chi connectivity index (χ1n) is 8.35. The minimum Gasteiger partial charge on any atom is -0.310 e. The summed E-state index contributed by atoms with van der Waals surface area (Å²) in [6, 6.07) is 9.07. The van der Waals surface area contributed by atoms with Crippen molar-refractivity contribution in [1.82, 2.24) is 14.3 Å². The van der Waals surface area contributed by atoms with E-state index in [2.05, 4.69) is 18.4 Å². The number of quaternary nitrogens is 1. The third-order valence-corrected chi connectivity index (χ3v) is 6.51. The predicted molar refractivity (Wildman–Crippen MR) is 99.7 cm³/mol. The molecule has 1 aromatic carbocycles. The molecule has 1 aliphatic rings. The minimum atomic E-state index is -0.248. The number of halogens is 1. The van der Waals surface area contributed by atoms with Gasteiger partial charge in [-0.15, -0.1) is 16.4 Å². The summed E-state index contributed by atoms with van der Waals surface area (Å²) in [5.41, 5.74) is 2.32. The van der Waals surface area contributed by atoms with Crippen molar-refractivity contribution in [3.05, 3.63) is 56.7 Å². The molecule has 1 unspecified atom stereocenters. The van der Waals surface area contributed by atoms with Crippen LogP contribution in [-0.4, -0.2) is 20.9 Å². The average Bonchev–Trinajstić information content (AvgIpc) is 3.19. The third-order valence-electron chi connectivity index (χ3n) is 5.03. The molecule has 2 aromatic heterocycles. The summed E-state index contributed by atoms with van der Waals surface area (Å²) in [4.78, 5) is 2.97. The van der Waals surface area contributed by atoms with E-state index in [1.54, 1.807) is 12.1 Å². The van der Waals surface area contributed by atoms with Gasteiger partial charge in [0, 0.05) is 29.5 Å². The molecule has 2 atom stereocenters. The standard InChI is InChI=1S/C18H19FN4S2/c1-12-15-8-10-25-16(15)7-9-22(12)11-23-18(24)21(2)17(20-23)13-3-5-14(19)6-4-13/h3-6,8,10,12H,7,9,11H2,1-2H3/p+1/t12-/m1/s1. The second-order valence-electron chi connectivity index (χ2n) is 6.51. The number of hydrogen-bond donors (Lipinski definition) is 1. The first kappa shape index (κ1) is 16.6. The van der Waals surface area contributed by atoms with Gasteiger partial charge >= 0.3 is 0 Å². The Balaban J connectivity index is 1.63. The average molecular weight is 376 g/mol. The molecule has 0 amide bonds. The monoisotopic (exact) mass is 375 g/mol. The number of fused-ring (bicyclic) bond motifs is 1. The van der Waals surface area contributed by atoms with Crippen LogP contribution in [0.3, 0.4) is 0 Å². The number of nitrogens with zero attached hydrogens (tertiary/aromatic N) is 3. The number of benzene rings is 1. The van der Waals surface area contributed by atoms with Gasteiger partial charge in [0.2, 0.25) is 4.77 Å². The van der Waals surface area contributed by atoms with E-state index in [0.717, 1.165) is 31.0 Å². The molecule has 3 heterocycles. The van der Waals surface area contributed by atoms with Gasteiger partial charge in [-0.1, -0.05) is 0 Å². The Hall–Kier alpha value is -1.83. The van der Waals surface area contributed by atoms with Crippen LogP contribution < -0.4 is 4.90 Å². The van der Waals surface area contributed by atoms with Crippen molar-refractivity contribution in [3.63, 3.8) is 0 Å². The third kappa shape index (κ3) is 2.96. The van der Waals surface area contributed by atoms with Gasteiger partial charge in [-0.3, -0.25) is 0 Å². The molecule has 1 aliphatic heterocycles. The molecule has 0 spiro atoms. The first-order chi connectivity index (χ1) is 12.0. The van der Waals surface area contributed by atoms with Crippen LogP contribution in [0.25, 0.3) is 11.4 Å². The summed E-state index contributed by atoms with van der Waals surface area (Å²) in [6.07, 6.45) is 1.11. The minimum absolute atomic E-state index is 0.248. The van der Waals surface area contributed by atoms with Crippen molar-refractivity contribution in [2.24, 2.45) is 7.05 Å². The van der Waals surface area contributed by atoms with Gasteiger partial charge in [-0.2, -0.15) is 4.68 Å². The van der Waals surface area contributed by atoms with E-state index in [1.165, 1.54) is 27.5 Å². The molecule has 0 radical (unpaired) electrons. The summed E-state index contributed by atoms with van der Waals surface area (Å²) in [7, 11) is 1.91. The van der Waals surface area contributed by atoms with E-state index in [4.69, 9.17) is 17.3 Å². The van der Waals surface area contributed by atoms with Crippen LogP contribution in [0.2, 0.25) is 0 Å². The van der Waals surface area contributed by atoms with Crippen LogP contribution >= 0.6 is 23.6 Å². The summed E-state index contributed by atoms with van der Waals surface area (Å²) in [6.45, 7) is 4.09. The number of hydrogen-bond acceptors (Lipinski definition) is 3. The molecule has 0 fully saturated rings. The lowest BCUT2D eigenvalue weighted by Gasteiger charge is -2.30. The second kappa shape index (κ2) is 6.48. The van der Waals surface area contributed by atoms with Crippen LogP contribution in [0.5, 0.6) is 0 Å². The Morgan fingerprint density at radius 1 is 1.32 bits per heavy atom. The highest BCUT2D eigenvalue weighted by Crippen LogP contribution is 2.25. The lowest BCUT2D eigenvalue weighted by Crippen LogP contribution is -3.12. The SMILES string of the molecule is C[C@@H]1c2ccsc2CC[NH+]1Cn1nc(-c2ccc(F)cc2)n(C)c1=S. The summed E-state index contributed by atoms with van der Waals surface area (Å²) < 4.78 is 17.7. The molecule has 0 bridgehead atoms. The fourth-order valence-electron chi connectivity index (χ4n) is 3.50. The maximum Gasteiger partial charge on any atom is 0.202 e. The fourth-order valence-corrected chi connectivity index (χ4v) is 4.67. The Morgan fingerprint density at radius 3 is 2.84 bits per heavy atom. The lowest BCUT2D eigenvalue weighted by molar-refractivity contribution is -0.954. The van der Waals surface area contributed by atoms with Gasteiger partial charge in [0.1, 0.15) is 11.9 Å². The highest BCUT2D eigenvalue weighted by Gasteiger charge is 2.29. The van der Waals surface area contributed by atoms with Gasteiger partial charge in [-0.05, 0) is 54.9 Å². The van der Waals surface area contributed by atoms with Crippen molar-refractivity contribution < 1.29 is 9.29 Å². The molecule has 25 heavy (non-hydrogen) atoms. The first-order valence-corrected chi connectivity index (χ1v) is 9.64. The molecule has 4 rings (SSSR count). The van der Waals surface area contributed by atoms with E-state index in [0.29, 0.717) is 10.8 Å². The molecule has 0 saturated heterocycles. The van der Waals surface area contributed by atoms with Crippen molar-refractivity contribution in [2.75, 3.05) is 6.54 Å². The Labute approximate surface area is 155 Å². The van der Waals surface area contributed by atoms with Gasteiger partial charge in [-0.25, -0.2) is 4.39 Å². The van der Waals surface area contributed by atoms with E-state index in [9.17, 15) is 4.39 Å². The van der Waals surface area contributed by atoms with Crippen LogP contribution in [0.15, 0.2) is 35.7 Å². The number of aromatic nitrogens is 3. The molecule has 0 saturated carbocycles. The van der Waals surface area contributed by atoms with Gasteiger partial charge in [0.05, 0.1) is 6.54 Å². The number of thiophene rings is 1. The van der Waals surface area contributed by atoms with Crippen molar-refractivity contribution >= 4 is 23.6 Å². The van der Waals surface area contributed by atoms with Crippen LogP contribution in [-0.2, 0) is 20.1 Å². The molecule has 1 N–H and O–H groups in total. The lowest BCUT2D eigenvalue weighted by atomic mass is 10.0. The highest BCUT2D eigenvalue weighted by molar-refractivity contribution is 7.71. The maximum atomic E-state index is 13.2. The van der Waals surface area contributed by atoms with Crippen LogP contribution in [0, 0.1) is 10.6 Å². The van der Waals surface area contributed by atoms with Gasteiger partial charge in [0.25, 0.3) is 0 Å². The highest BCUT2D eigenvalue weighted by atomic mass is 32.1. The predicted octanol–water partition coefficient (Wildman–Crippen LogP) is 2.98. The van der Waals surface area contributed by atoms with Crippen LogP contribution in [0.1, 0.15) is 23.4 Å². The topological polar surface area (TPSA) is 27.2 Å². The molecule has 3 aromatic rings.